The number of hydrogen-bond acceptors (Lipinski definition) is 12. The minimum Gasteiger partial charge on any atom is -0.469 e. The van der Waals surface area contributed by atoms with Crippen LogP contribution >= 0.6 is 0 Å². The standard InChI is InChI=1S/C39H70F2N4O11/c1-9-13-21-52-25-28-29(53-22-14-10-2)30(54-23-15-11-3)31(55-24-16-12-4)39(50,56-28)38(40,41)35(48)42-20-18-17-19-27-33(46)45-32(44-27)34(47)43-26(5)37(6,7)36(49)51-8/h26-32,44,50H,9-25H2,1-8H3,(H,42,48)(H,43,47)(H,45,46)/t26?,27-,28+,29-,30-,31+,32+,39+/m0/s1. The summed E-state index contributed by atoms with van der Waals surface area (Å²) in [5.74, 6) is -11.2. The van der Waals surface area contributed by atoms with Crippen LogP contribution < -0.4 is 21.3 Å². The molecule has 0 aromatic heterocycles. The lowest BCUT2D eigenvalue weighted by molar-refractivity contribution is -0.412. The number of aliphatic hydroxyl groups is 1. The fourth-order valence-electron chi connectivity index (χ4n) is 6.26. The zero-order valence-corrected chi connectivity index (χ0v) is 34.8. The second kappa shape index (κ2) is 24.4. The van der Waals surface area contributed by atoms with Crippen LogP contribution in [0, 0.1) is 5.41 Å². The molecule has 0 saturated carbocycles. The minimum absolute atomic E-state index is 0.00726. The Morgan fingerprint density at radius 2 is 1.46 bits per heavy atom. The number of methoxy groups -OCH3 is 1. The van der Waals surface area contributed by atoms with Crippen LogP contribution in [-0.4, -0.2) is 130 Å². The fourth-order valence-corrected chi connectivity index (χ4v) is 6.26. The second-order valence-corrected chi connectivity index (χ2v) is 15.2. The van der Waals surface area contributed by atoms with Gasteiger partial charge in [0.25, 0.3) is 17.6 Å². The van der Waals surface area contributed by atoms with Gasteiger partial charge in [-0.25, -0.2) is 0 Å². The molecule has 8 atom stereocenters. The average Bonchev–Trinajstić information content (AvgIpc) is 3.54. The van der Waals surface area contributed by atoms with E-state index in [0.717, 1.165) is 25.7 Å². The van der Waals surface area contributed by atoms with Crippen LogP contribution in [0.5, 0.6) is 0 Å². The fraction of sp³-hybridized carbons (Fsp3) is 0.897. The lowest BCUT2D eigenvalue weighted by atomic mass is 9.85. The molecule has 5 N–H and O–H groups in total. The summed E-state index contributed by atoms with van der Waals surface area (Å²) < 4.78 is 67.8. The van der Waals surface area contributed by atoms with Crippen LogP contribution in [0.25, 0.3) is 0 Å². The van der Waals surface area contributed by atoms with Crippen molar-refractivity contribution >= 4 is 23.7 Å². The van der Waals surface area contributed by atoms with Crippen LogP contribution in [-0.2, 0) is 47.6 Å². The van der Waals surface area contributed by atoms with Gasteiger partial charge in [0.1, 0.15) is 24.4 Å². The SMILES string of the molecule is CCCCOC[C@H]1O[C@@](O)(C(F)(F)C(=O)NCCCC[C@@H]2N[C@@H](C(=O)NC(C)C(C)(C)C(=O)OC)NC2=O)[C@H](OCCCC)[C@@H](OCCCC)[C@H]1OCCCC. The van der Waals surface area contributed by atoms with Gasteiger partial charge in [-0.05, 0) is 65.7 Å². The van der Waals surface area contributed by atoms with Gasteiger partial charge in [-0.15, -0.1) is 0 Å². The Bertz CT molecular complexity index is 1220. The minimum atomic E-state index is -4.50. The third kappa shape index (κ3) is 13.5. The van der Waals surface area contributed by atoms with Crippen molar-refractivity contribution < 1.29 is 61.5 Å². The van der Waals surface area contributed by atoms with E-state index in [4.69, 9.17) is 28.4 Å². The number of carbonyl (C=O) groups excluding carboxylic acids is 4. The van der Waals surface area contributed by atoms with Gasteiger partial charge in [-0.2, -0.15) is 8.78 Å². The van der Waals surface area contributed by atoms with E-state index in [1.807, 2.05) is 27.7 Å². The summed E-state index contributed by atoms with van der Waals surface area (Å²) in [5.41, 5.74) is -1.02. The molecule has 2 fully saturated rings. The van der Waals surface area contributed by atoms with Gasteiger partial charge in [0.15, 0.2) is 6.17 Å². The molecule has 56 heavy (non-hydrogen) atoms. The van der Waals surface area contributed by atoms with Gasteiger partial charge < -0.3 is 49.5 Å². The smallest absolute Gasteiger partial charge is 0.379 e. The van der Waals surface area contributed by atoms with Gasteiger partial charge in [-0.1, -0.05) is 53.4 Å². The highest BCUT2D eigenvalue weighted by Crippen LogP contribution is 2.43. The first-order chi connectivity index (χ1) is 26.6. The summed E-state index contributed by atoms with van der Waals surface area (Å²) >= 11 is 0. The Labute approximate surface area is 331 Å². The highest BCUT2D eigenvalue weighted by Gasteiger charge is 2.71. The van der Waals surface area contributed by atoms with Gasteiger partial charge >= 0.3 is 11.9 Å². The number of amides is 3. The second-order valence-electron chi connectivity index (χ2n) is 15.2. The Balaban J connectivity index is 2.16. The first-order valence-electron chi connectivity index (χ1n) is 20.5. The molecule has 0 spiro atoms. The maximum atomic E-state index is 16.5. The highest BCUT2D eigenvalue weighted by atomic mass is 19.3. The molecule has 1 unspecified atom stereocenters. The molecule has 0 bridgehead atoms. The molecule has 3 amide bonds. The molecular weight excluding hydrogens is 738 g/mol. The zero-order valence-electron chi connectivity index (χ0n) is 34.8. The van der Waals surface area contributed by atoms with Crippen molar-refractivity contribution in [1.29, 1.82) is 0 Å². The van der Waals surface area contributed by atoms with E-state index in [9.17, 15) is 24.3 Å². The quantitative estimate of drug-likeness (QED) is 0.0572. The lowest BCUT2D eigenvalue weighted by Gasteiger charge is -2.51. The highest BCUT2D eigenvalue weighted by molar-refractivity contribution is 5.93. The molecule has 15 nitrogen and oxygen atoms in total. The van der Waals surface area contributed by atoms with Crippen molar-refractivity contribution in [3.8, 4) is 0 Å². The van der Waals surface area contributed by atoms with Crippen LogP contribution in [0.1, 0.15) is 119 Å². The van der Waals surface area contributed by atoms with Crippen LogP contribution in [0.3, 0.4) is 0 Å². The number of alkyl halides is 2. The molecule has 2 rings (SSSR count). The van der Waals surface area contributed by atoms with E-state index in [-0.39, 0.29) is 39.2 Å². The summed E-state index contributed by atoms with van der Waals surface area (Å²) in [6, 6.07) is -1.36. The van der Waals surface area contributed by atoms with E-state index < -0.39 is 83.5 Å². The van der Waals surface area contributed by atoms with E-state index in [2.05, 4.69) is 21.3 Å². The Morgan fingerprint density at radius 3 is 2.05 bits per heavy atom. The van der Waals surface area contributed by atoms with E-state index in [1.165, 1.54) is 7.11 Å². The first-order valence-corrected chi connectivity index (χ1v) is 20.5. The summed E-state index contributed by atoms with van der Waals surface area (Å²) in [7, 11) is 1.26. The van der Waals surface area contributed by atoms with Crippen molar-refractivity contribution in [3.05, 3.63) is 0 Å². The molecular formula is C39H70F2N4O11. The van der Waals surface area contributed by atoms with Crippen molar-refractivity contribution in [2.45, 2.75) is 173 Å². The lowest BCUT2D eigenvalue weighted by Crippen LogP contribution is -2.75. The van der Waals surface area contributed by atoms with Crippen LogP contribution in [0.4, 0.5) is 8.78 Å². The van der Waals surface area contributed by atoms with Gasteiger partial charge in [0.2, 0.25) is 5.91 Å². The van der Waals surface area contributed by atoms with E-state index in [0.29, 0.717) is 45.3 Å². The number of nitrogens with one attached hydrogen (secondary N) is 4. The van der Waals surface area contributed by atoms with Crippen molar-refractivity contribution in [2.24, 2.45) is 5.41 Å². The monoisotopic (exact) mass is 809 g/mol. The van der Waals surface area contributed by atoms with E-state index >= 15 is 8.78 Å². The molecule has 326 valence electrons. The zero-order chi connectivity index (χ0) is 41.9. The molecule has 17 heteroatoms. The summed E-state index contributed by atoms with van der Waals surface area (Å²) in [4.78, 5) is 50.9. The van der Waals surface area contributed by atoms with Gasteiger partial charge in [0, 0.05) is 39.0 Å². The first kappa shape index (κ1) is 49.6. The van der Waals surface area contributed by atoms with E-state index in [1.54, 1.807) is 20.8 Å². The maximum Gasteiger partial charge on any atom is 0.379 e. The topological polar surface area (TPSA) is 192 Å². The number of unbranched alkanes of at least 4 members (excludes halogenated alkanes) is 5. The van der Waals surface area contributed by atoms with Crippen LogP contribution in [0.2, 0.25) is 0 Å². The Morgan fingerprint density at radius 1 is 0.893 bits per heavy atom. The van der Waals surface area contributed by atoms with Crippen molar-refractivity contribution in [1.82, 2.24) is 21.3 Å². The molecule has 2 saturated heterocycles. The predicted molar refractivity (Wildman–Crippen MR) is 204 cm³/mol. The Hall–Kier alpha value is -2.54. The molecule has 0 aliphatic carbocycles. The van der Waals surface area contributed by atoms with Gasteiger partial charge in [-0.3, -0.25) is 24.5 Å². The van der Waals surface area contributed by atoms with Crippen LogP contribution in [0.15, 0.2) is 0 Å². The number of ether oxygens (including phenoxy) is 6. The summed E-state index contributed by atoms with van der Waals surface area (Å²) in [5, 5.41) is 22.4. The summed E-state index contributed by atoms with van der Waals surface area (Å²) in [6.45, 7) is 13.2. The number of carbonyl (C=O) groups is 4. The van der Waals surface area contributed by atoms with Gasteiger partial charge in [0.05, 0.1) is 25.2 Å². The van der Waals surface area contributed by atoms with Crippen molar-refractivity contribution in [3.63, 3.8) is 0 Å². The Kier molecular flexibility index (Phi) is 21.6. The number of hydrogen-bond donors (Lipinski definition) is 5. The predicted octanol–water partition coefficient (Wildman–Crippen LogP) is 3.49. The normalized spacial score (nSPS) is 26.1. The molecule has 2 aliphatic heterocycles. The maximum absolute atomic E-state index is 16.5. The largest absolute Gasteiger partial charge is 0.469 e. The molecule has 0 aromatic carbocycles. The number of rotatable bonds is 28. The van der Waals surface area contributed by atoms with Crippen molar-refractivity contribution in [2.75, 3.05) is 46.7 Å². The third-order valence-electron chi connectivity index (χ3n) is 10.4. The number of esters is 1. The molecule has 2 aliphatic rings. The molecule has 0 radical (unpaired) electrons. The number of halogens is 2. The third-order valence-corrected chi connectivity index (χ3v) is 10.4. The molecule has 2 heterocycles. The molecule has 0 aromatic rings. The average molecular weight is 809 g/mol. The summed E-state index contributed by atoms with van der Waals surface area (Å²) in [6.07, 6.45) is 0.279.